The lowest BCUT2D eigenvalue weighted by atomic mass is 9.97. The summed E-state index contributed by atoms with van der Waals surface area (Å²) in [6.07, 6.45) is 0.985. The van der Waals surface area contributed by atoms with Crippen molar-refractivity contribution in [2.45, 2.75) is 32.7 Å². The molecule has 1 aromatic heterocycles. The van der Waals surface area contributed by atoms with E-state index in [4.69, 9.17) is 10.5 Å². The van der Waals surface area contributed by atoms with Crippen LogP contribution in [0.1, 0.15) is 34.6 Å². The first-order valence-corrected chi connectivity index (χ1v) is 8.39. The van der Waals surface area contributed by atoms with Crippen LogP contribution in [0, 0.1) is 6.92 Å². The average Bonchev–Trinajstić information content (AvgIpc) is 2.89. The number of benzene rings is 1. The fraction of sp³-hybridized carbons (Fsp3) is 0.368. The number of phenolic OH excluding ortho intramolecular Hbond substituents is 1. The highest BCUT2D eigenvalue weighted by Crippen LogP contribution is 2.35. The van der Waals surface area contributed by atoms with Gasteiger partial charge < -0.3 is 25.3 Å². The van der Waals surface area contributed by atoms with Gasteiger partial charge >= 0.3 is 5.97 Å². The molecule has 2 rings (SSSR count). The van der Waals surface area contributed by atoms with E-state index in [0.717, 1.165) is 5.69 Å². The molecule has 0 saturated carbocycles. The van der Waals surface area contributed by atoms with Gasteiger partial charge in [-0.3, -0.25) is 9.59 Å². The first kappa shape index (κ1) is 19.5. The summed E-state index contributed by atoms with van der Waals surface area (Å²) in [5.74, 6) is -0.874. The van der Waals surface area contributed by atoms with Crippen LogP contribution in [-0.2, 0) is 22.5 Å². The number of rotatable bonds is 8. The maximum Gasteiger partial charge on any atom is 0.305 e. The lowest BCUT2D eigenvalue weighted by Gasteiger charge is -2.12. The summed E-state index contributed by atoms with van der Waals surface area (Å²) in [4.78, 5) is 23.8. The number of nitrogens with zero attached hydrogens (tertiary/aromatic N) is 1. The van der Waals surface area contributed by atoms with Gasteiger partial charge in [-0.25, -0.2) is 0 Å². The van der Waals surface area contributed by atoms with Gasteiger partial charge in [-0.2, -0.15) is 0 Å². The van der Waals surface area contributed by atoms with Crippen molar-refractivity contribution in [1.29, 1.82) is 0 Å². The molecule has 0 atom stereocenters. The van der Waals surface area contributed by atoms with Gasteiger partial charge in [-0.1, -0.05) is 12.1 Å². The maximum absolute atomic E-state index is 12.1. The molecule has 7 heteroatoms. The molecule has 26 heavy (non-hydrogen) atoms. The van der Waals surface area contributed by atoms with Crippen molar-refractivity contribution in [3.05, 3.63) is 41.2 Å². The van der Waals surface area contributed by atoms with Crippen LogP contribution in [0.2, 0.25) is 0 Å². The van der Waals surface area contributed by atoms with Crippen molar-refractivity contribution in [2.75, 3.05) is 13.7 Å². The van der Waals surface area contributed by atoms with Gasteiger partial charge in [0.2, 0.25) is 0 Å². The molecule has 0 saturated heterocycles. The van der Waals surface area contributed by atoms with Crippen LogP contribution >= 0.6 is 0 Å². The number of esters is 1. The fourth-order valence-electron chi connectivity index (χ4n) is 3.19. The largest absolute Gasteiger partial charge is 0.508 e. The number of aromatic hydroxyl groups is 1. The molecule has 0 bridgehead atoms. The Kier molecular flexibility index (Phi) is 6.41. The van der Waals surface area contributed by atoms with Gasteiger partial charge in [0, 0.05) is 30.1 Å². The molecule has 0 aliphatic rings. The molecule has 1 amide bonds. The zero-order valence-electron chi connectivity index (χ0n) is 15.0. The van der Waals surface area contributed by atoms with E-state index in [-0.39, 0.29) is 24.7 Å². The Bertz CT molecular complexity index is 811. The number of aromatic nitrogens is 1. The minimum absolute atomic E-state index is 0.00141. The van der Waals surface area contributed by atoms with E-state index >= 15 is 0 Å². The van der Waals surface area contributed by atoms with Gasteiger partial charge in [0.05, 0.1) is 19.1 Å². The first-order chi connectivity index (χ1) is 12.4. The Labute approximate surface area is 152 Å². The topological polar surface area (TPSA) is 115 Å². The molecular weight excluding hydrogens is 336 g/mol. The predicted octanol–water partition coefficient (Wildman–Crippen LogP) is 1.76. The molecule has 4 N–H and O–H groups in total. The smallest absolute Gasteiger partial charge is 0.305 e. The second-order valence-electron chi connectivity index (χ2n) is 6.00. The Morgan fingerprint density at radius 1 is 1.31 bits per heavy atom. The number of amides is 1. The molecule has 0 fully saturated rings. The highest BCUT2D eigenvalue weighted by molar-refractivity contribution is 6.02. The number of primary amides is 1. The molecule has 0 unspecified atom stereocenters. The van der Waals surface area contributed by atoms with E-state index in [2.05, 4.69) is 0 Å². The Morgan fingerprint density at radius 2 is 2.04 bits per heavy atom. The van der Waals surface area contributed by atoms with Crippen LogP contribution in [-0.4, -0.2) is 40.4 Å². The fourth-order valence-corrected chi connectivity index (χ4v) is 3.19. The summed E-state index contributed by atoms with van der Waals surface area (Å²) >= 11 is 0. The van der Waals surface area contributed by atoms with E-state index in [1.54, 1.807) is 25.1 Å². The molecule has 0 radical (unpaired) electrons. The monoisotopic (exact) mass is 360 g/mol. The standard InChI is InChI=1S/C19H24N2O5/c1-12-17(19(20)25)18(13-5-3-6-14(23)11-13)15(7-8-16(24)26-2)21(12)9-4-10-22/h3,5-6,11,22-23H,4,7-10H2,1-2H3,(H2,20,25). The molecule has 0 aliphatic heterocycles. The van der Waals surface area contributed by atoms with Crippen molar-refractivity contribution in [3.8, 4) is 16.9 Å². The number of aliphatic hydroxyl groups excluding tert-OH is 1. The summed E-state index contributed by atoms with van der Waals surface area (Å²) in [7, 11) is 1.32. The zero-order chi connectivity index (χ0) is 19.3. The molecule has 1 heterocycles. The van der Waals surface area contributed by atoms with Crippen molar-refractivity contribution in [3.63, 3.8) is 0 Å². The molecule has 2 aromatic rings. The number of ether oxygens (including phenoxy) is 1. The first-order valence-electron chi connectivity index (χ1n) is 8.39. The summed E-state index contributed by atoms with van der Waals surface area (Å²) in [6.45, 7) is 2.27. The van der Waals surface area contributed by atoms with Crippen LogP contribution in [0.3, 0.4) is 0 Å². The van der Waals surface area contributed by atoms with Crippen molar-refractivity contribution in [2.24, 2.45) is 5.73 Å². The van der Waals surface area contributed by atoms with Crippen molar-refractivity contribution in [1.82, 2.24) is 4.57 Å². The highest BCUT2D eigenvalue weighted by atomic mass is 16.5. The lowest BCUT2D eigenvalue weighted by molar-refractivity contribution is -0.140. The lowest BCUT2D eigenvalue weighted by Crippen LogP contribution is -2.13. The van der Waals surface area contributed by atoms with Crippen LogP contribution in [0.5, 0.6) is 5.75 Å². The van der Waals surface area contributed by atoms with Crippen molar-refractivity contribution < 1.29 is 24.5 Å². The summed E-state index contributed by atoms with van der Waals surface area (Å²) in [6, 6.07) is 6.55. The third-order valence-electron chi connectivity index (χ3n) is 4.35. The second kappa shape index (κ2) is 8.53. The normalized spacial score (nSPS) is 10.7. The summed E-state index contributed by atoms with van der Waals surface area (Å²) in [5.41, 5.74) is 8.65. The quantitative estimate of drug-likeness (QED) is 0.621. The van der Waals surface area contributed by atoms with Crippen LogP contribution < -0.4 is 5.73 Å². The van der Waals surface area contributed by atoms with Gasteiger partial charge in [0.15, 0.2) is 0 Å². The second-order valence-corrected chi connectivity index (χ2v) is 6.00. The molecule has 0 aliphatic carbocycles. The summed E-state index contributed by atoms with van der Waals surface area (Å²) < 4.78 is 6.62. The van der Waals surface area contributed by atoms with E-state index in [1.807, 2.05) is 4.57 Å². The molecule has 7 nitrogen and oxygen atoms in total. The van der Waals surface area contributed by atoms with Gasteiger partial charge in [0.1, 0.15) is 5.75 Å². The Morgan fingerprint density at radius 3 is 2.62 bits per heavy atom. The SMILES string of the molecule is COC(=O)CCc1c(-c2cccc(O)c2)c(C(N)=O)c(C)n1CCCO. The number of phenols is 1. The minimum Gasteiger partial charge on any atom is -0.508 e. The van der Waals surface area contributed by atoms with Gasteiger partial charge in [0.25, 0.3) is 5.91 Å². The number of carbonyl (C=O) groups excluding carboxylic acids is 2. The zero-order valence-corrected chi connectivity index (χ0v) is 15.0. The van der Waals surface area contributed by atoms with Crippen LogP contribution in [0.15, 0.2) is 24.3 Å². The molecular formula is C19H24N2O5. The van der Waals surface area contributed by atoms with E-state index in [0.29, 0.717) is 41.8 Å². The predicted molar refractivity (Wildman–Crippen MR) is 96.8 cm³/mol. The molecule has 1 aromatic carbocycles. The minimum atomic E-state index is -0.581. The highest BCUT2D eigenvalue weighted by Gasteiger charge is 2.25. The van der Waals surface area contributed by atoms with Crippen LogP contribution in [0.4, 0.5) is 0 Å². The third kappa shape index (κ3) is 4.05. The van der Waals surface area contributed by atoms with Crippen molar-refractivity contribution >= 4 is 11.9 Å². The number of methoxy groups -OCH3 is 1. The molecule has 0 spiro atoms. The summed E-state index contributed by atoms with van der Waals surface area (Å²) in [5, 5.41) is 19.0. The van der Waals surface area contributed by atoms with E-state index in [9.17, 15) is 19.8 Å². The Hall–Kier alpha value is -2.80. The number of hydrogen-bond donors (Lipinski definition) is 3. The van der Waals surface area contributed by atoms with E-state index < -0.39 is 5.91 Å². The van der Waals surface area contributed by atoms with Gasteiger partial charge in [-0.15, -0.1) is 0 Å². The Balaban J connectivity index is 2.67. The number of aliphatic hydroxyl groups is 1. The van der Waals surface area contributed by atoms with Gasteiger partial charge in [-0.05, 0) is 37.5 Å². The number of nitrogens with two attached hydrogens (primary N) is 1. The van der Waals surface area contributed by atoms with E-state index in [1.165, 1.54) is 13.2 Å². The number of carbonyl (C=O) groups is 2. The average molecular weight is 360 g/mol. The number of hydrogen-bond acceptors (Lipinski definition) is 5. The molecule has 140 valence electrons. The van der Waals surface area contributed by atoms with Crippen LogP contribution in [0.25, 0.3) is 11.1 Å². The third-order valence-corrected chi connectivity index (χ3v) is 4.35. The maximum atomic E-state index is 12.1.